The van der Waals surface area contributed by atoms with Gasteiger partial charge in [-0.15, -0.1) is 0 Å². The molecule has 3 nitrogen and oxygen atoms in total. The van der Waals surface area contributed by atoms with E-state index in [4.69, 9.17) is 4.74 Å². The van der Waals surface area contributed by atoms with Gasteiger partial charge in [0.2, 0.25) is 0 Å². The van der Waals surface area contributed by atoms with Crippen LogP contribution in [0.1, 0.15) is 33.6 Å². The maximum Gasteiger partial charge on any atom is 0.0613 e. The van der Waals surface area contributed by atoms with Crippen molar-refractivity contribution < 1.29 is 9.84 Å². The van der Waals surface area contributed by atoms with Crippen molar-refractivity contribution in [3.63, 3.8) is 0 Å². The third kappa shape index (κ3) is 4.60. The lowest BCUT2D eigenvalue weighted by atomic mass is 9.94. The quantitative estimate of drug-likeness (QED) is 0.563. The molecule has 0 aromatic heterocycles. The van der Waals surface area contributed by atoms with Crippen LogP contribution in [0.2, 0.25) is 0 Å². The molecule has 0 radical (unpaired) electrons. The number of ether oxygens (including phenoxy) is 1. The molecule has 0 unspecified atom stereocenters. The second kappa shape index (κ2) is 7.30. The molecule has 0 rings (SSSR count). The highest BCUT2D eigenvalue weighted by molar-refractivity contribution is 4.84. The Balaban J connectivity index is 3.68. The maximum atomic E-state index is 9.23. The lowest BCUT2D eigenvalue weighted by Gasteiger charge is -2.30. The Labute approximate surface area is 81.5 Å². The lowest BCUT2D eigenvalue weighted by Crippen LogP contribution is -2.48. The van der Waals surface area contributed by atoms with Crippen molar-refractivity contribution in [3.05, 3.63) is 0 Å². The highest BCUT2D eigenvalue weighted by Gasteiger charge is 2.23. The summed E-state index contributed by atoms with van der Waals surface area (Å²) in [7, 11) is 0. The SMILES string of the molecule is CCOCCNC(CC)(CC)CO. The van der Waals surface area contributed by atoms with Gasteiger partial charge in [0.05, 0.1) is 13.2 Å². The van der Waals surface area contributed by atoms with Crippen LogP contribution < -0.4 is 5.32 Å². The van der Waals surface area contributed by atoms with Gasteiger partial charge in [0.15, 0.2) is 0 Å². The first kappa shape index (κ1) is 12.9. The van der Waals surface area contributed by atoms with Gasteiger partial charge in [0.1, 0.15) is 0 Å². The summed E-state index contributed by atoms with van der Waals surface area (Å²) in [6.07, 6.45) is 1.90. The van der Waals surface area contributed by atoms with Gasteiger partial charge in [-0.1, -0.05) is 13.8 Å². The van der Waals surface area contributed by atoms with Crippen LogP contribution in [0.15, 0.2) is 0 Å². The number of aliphatic hydroxyl groups is 1. The molecule has 0 heterocycles. The first-order valence-corrected chi connectivity index (χ1v) is 5.18. The molecule has 0 amide bonds. The third-order valence-electron chi connectivity index (χ3n) is 2.61. The summed E-state index contributed by atoms with van der Waals surface area (Å²) in [5.74, 6) is 0. The fraction of sp³-hybridized carbons (Fsp3) is 1.00. The van der Waals surface area contributed by atoms with Crippen LogP contribution in [0.3, 0.4) is 0 Å². The van der Waals surface area contributed by atoms with Crippen LogP contribution in [0.5, 0.6) is 0 Å². The molecule has 0 bridgehead atoms. The van der Waals surface area contributed by atoms with Gasteiger partial charge in [-0.05, 0) is 19.8 Å². The lowest BCUT2D eigenvalue weighted by molar-refractivity contribution is 0.114. The average molecular weight is 189 g/mol. The van der Waals surface area contributed by atoms with Crippen molar-refractivity contribution in [2.45, 2.75) is 39.2 Å². The molecular formula is C10H23NO2. The van der Waals surface area contributed by atoms with Gasteiger partial charge in [0, 0.05) is 18.7 Å². The molecule has 0 fully saturated rings. The molecule has 0 saturated carbocycles. The van der Waals surface area contributed by atoms with E-state index in [0.29, 0.717) is 0 Å². The van der Waals surface area contributed by atoms with Crippen molar-refractivity contribution in [1.29, 1.82) is 0 Å². The molecule has 0 aliphatic carbocycles. The minimum absolute atomic E-state index is 0.100. The van der Waals surface area contributed by atoms with E-state index in [1.54, 1.807) is 0 Å². The molecule has 2 N–H and O–H groups in total. The van der Waals surface area contributed by atoms with E-state index < -0.39 is 0 Å². The van der Waals surface area contributed by atoms with Gasteiger partial charge in [-0.3, -0.25) is 0 Å². The van der Waals surface area contributed by atoms with Gasteiger partial charge in [-0.25, -0.2) is 0 Å². The van der Waals surface area contributed by atoms with Crippen molar-refractivity contribution in [2.24, 2.45) is 0 Å². The minimum Gasteiger partial charge on any atom is -0.394 e. The summed E-state index contributed by atoms with van der Waals surface area (Å²) >= 11 is 0. The van der Waals surface area contributed by atoms with E-state index in [2.05, 4.69) is 19.2 Å². The molecule has 13 heavy (non-hydrogen) atoms. The fourth-order valence-electron chi connectivity index (χ4n) is 1.31. The van der Waals surface area contributed by atoms with Gasteiger partial charge < -0.3 is 15.2 Å². The second-order valence-electron chi connectivity index (χ2n) is 3.27. The van der Waals surface area contributed by atoms with Gasteiger partial charge in [0.25, 0.3) is 0 Å². The van der Waals surface area contributed by atoms with Crippen LogP contribution in [-0.2, 0) is 4.74 Å². The molecule has 0 aliphatic heterocycles. The molecule has 0 aromatic rings. The van der Waals surface area contributed by atoms with Crippen molar-refractivity contribution >= 4 is 0 Å². The first-order chi connectivity index (χ1) is 6.24. The summed E-state index contributed by atoms with van der Waals surface area (Å²) in [4.78, 5) is 0. The number of aliphatic hydroxyl groups excluding tert-OH is 1. The Bertz CT molecular complexity index is 105. The minimum atomic E-state index is -0.100. The zero-order valence-corrected chi connectivity index (χ0v) is 9.10. The number of rotatable bonds is 8. The normalized spacial score (nSPS) is 12.0. The molecule has 3 heteroatoms. The van der Waals surface area contributed by atoms with Gasteiger partial charge >= 0.3 is 0 Å². The smallest absolute Gasteiger partial charge is 0.0613 e. The highest BCUT2D eigenvalue weighted by atomic mass is 16.5. The summed E-state index contributed by atoms with van der Waals surface area (Å²) in [5, 5.41) is 12.6. The standard InChI is InChI=1S/C10H23NO2/c1-4-10(5-2,9-12)11-7-8-13-6-3/h11-12H,4-9H2,1-3H3. The van der Waals surface area contributed by atoms with Crippen LogP contribution in [0.25, 0.3) is 0 Å². The van der Waals surface area contributed by atoms with Crippen LogP contribution in [0, 0.1) is 0 Å². The largest absolute Gasteiger partial charge is 0.394 e. The van der Waals surface area contributed by atoms with E-state index in [9.17, 15) is 5.11 Å². The Morgan fingerprint density at radius 3 is 2.23 bits per heavy atom. The average Bonchev–Trinajstić information content (AvgIpc) is 2.20. The molecular weight excluding hydrogens is 166 g/mol. The predicted octanol–water partition coefficient (Wildman–Crippen LogP) is 1.16. The molecule has 80 valence electrons. The summed E-state index contributed by atoms with van der Waals surface area (Å²) in [6, 6.07) is 0. The van der Waals surface area contributed by atoms with E-state index in [1.807, 2.05) is 6.92 Å². The highest BCUT2D eigenvalue weighted by Crippen LogP contribution is 2.13. The Morgan fingerprint density at radius 2 is 1.85 bits per heavy atom. The molecule has 0 aromatic carbocycles. The molecule has 0 atom stereocenters. The number of hydrogen-bond donors (Lipinski definition) is 2. The van der Waals surface area contributed by atoms with E-state index >= 15 is 0 Å². The van der Waals surface area contributed by atoms with E-state index in [-0.39, 0.29) is 12.1 Å². The third-order valence-corrected chi connectivity index (χ3v) is 2.61. The monoisotopic (exact) mass is 189 g/mol. The molecule has 0 saturated heterocycles. The Hall–Kier alpha value is -0.120. The Morgan fingerprint density at radius 1 is 1.23 bits per heavy atom. The molecule has 0 spiro atoms. The number of nitrogens with one attached hydrogen (secondary N) is 1. The van der Waals surface area contributed by atoms with Crippen molar-refractivity contribution in [2.75, 3.05) is 26.4 Å². The topological polar surface area (TPSA) is 41.5 Å². The number of hydrogen-bond acceptors (Lipinski definition) is 3. The van der Waals surface area contributed by atoms with Crippen LogP contribution >= 0.6 is 0 Å². The first-order valence-electron chi connectivity index (χ1n) is 5.18. The summed E-state index contributed by atoms with van der Waals surface area (Å²) in [6.45, 7) is 8.66. The van der Waals surface area contributed by atoms with Crippen molar-refractivity contribution in [3.8, 4) is 0 Å². The van der Waals surface area contributed by atoms with E-state index in [1.165, 1.54) is 0 Å². The Kier molecular flexibility index (Phi) is 7.23. The molecule has 0 aliphatic rings. The van der Waals surface area contributed by atoms with Gasteiger partial charge in [-0.2, -0.15) is 0 Å². The summed E-state index contributed by atoms with van der Waals surface area (Å²) < 4.78 is 5.22. The van der Waals surface area contributed by atoms with Crippen molar-refractivity contribution in [1.82, 2.24) is 5.32 Å². The second-order valence-corrected chi connectivity index (χ2v) is 3.27. The van der Waals surface area contributed by atoms with E-state index in [0.717, 1.165) is 32.6 Å². The van der Waals surface area contributed by atoms with Crippen LogP contribution in [-0.4, -0.2) is 37.0 Å². The predicted molar refractivity (Wildman–Crippen MR) is 54.9 cm³/mol. The van der Waals surface area contributed by atoms with Crippen LogP contribution in [0.4, 0.5) is 0 Å². The summed E-state index contributed by atoms with van der Waals surface area (Å²) in [5.41, 5.74) is -0.100. The zero-order chi connectivity index (χ0) is 10.2. The zero-order valence-electron chi connectivity index (χ0n) is 9.10. The maximum absolute atomic E-state index is 9.23. The fourth-order valence-corrected chi connectivity index (χ4v) is 1.31.